The van der Waals surface area contributed by atoms with Gasteiger partial charge in [-0.15, -0.1) is 0 Å². The predicted octanol–water partition coefficient (Wildman–Crippen LogP) is 3.21. The molecule has 7 nitrogen and oxygen atoms in total. The molecule has 0 spiro atoms. The van der Waals surface area contributed by atoms with Crippen LogP contribution in [-0.2, 0) is 0 Å². The Bertz CT molecular complexity index is 952. The summed E-state index contributed by atoms with van der Waals surface area (Å²) in [6.07, 6.45) is 0. The van der Waals surface area contributed by atoms with Crippen LogP contribution in [0, 0.1) is 0 Å². The van der Waals surface area contributed by atoms with Gasteiger partial charge in [0.25, 0.3) is 5.91 Å². The molecule has 1 atom stereocenters. The van der Waals surface area contributed by atoms with Crippen LogP contribution in [0.5, 0.6) is 11.5 Å². The number of rotatable bonds is 6. The van der Waals surface area contributed by atoms with E-state index in [1.54, 1.807) is 17.4 Å². The molecule has 146 valence electrons. The number of nitrogens with one attached hydrogen (secondary N) is 1. The molecule has 3 aromatic rings. The van der Waals surface area contributed by atoms with E-state index in [9.17, 15) is 4.79 Å². The molecule has 2 aromatic heterocycles. The van der Waals surface area contributed by atoms with Crippen LogP contribution < -0.4 is 14.8 Å². The fraction of sp³-hybridized carbons (Fsp3) is 0.300. The van der Waals surface area contributed by atoms with Crippen molar-refractivity contribution in [1.82, 2.24) is 15.4 Å². The third-order valence-electron chi connectivity index (χ3n) is 4.58. The summed E-state index contributed by atoms with van der Waals surface area (Å²) < 4.78 is 16.5. The molecule has 8 heteroatoms. The van der Waals surface area contributed by atoms with Crippen molar-refractivity contribution in [2.45, 2.75) is 6.04 Å². The number of amides is 1. The minimum absolute atomic E-state index is 0.0966. The number of nitrogens with zero attached hydrogens (tertiary/aromatic N) is 2. The highest BCUT2D eigenvalue weighted by molar-refractivity contribution is 7.07. The van der Waals surface area contributed by atoms with Crippen molar-refractivity contribution in [2.75, 3.05) is 33.9 Å². The maximum Gasteiger partial charge on any atom is 0.273 e. The summed E-state index contributed by atoms with van der Waals surface area (Å²) in [5, 5.41) is 11.0. The van der Waals surface area contributed by atoms with Crippen molar-refractivity contribution >= 4 is 17.2 Å². The molecule has 0 unspecified atom stereocenters. The maximum absolute atomic E-state index is 12.5. The van der Waals surface area contributed by atoms with Crippen molar-refractivity contribution in [3.05, 3.63) is 52.3 Å². The predicted molar refractivity (Wildman–Crippen MR) is 106 cm³/mol. The number of hydrogen-bond donors (Lipinski definition) is 1. The molecule has 1 N–H and O–H groups in total. The van der Waals surface area contributed by atoms with Crippen LogP contribution >= 0.6 is 11.3 Å². The van der Waals surface area contributed by atoms with Gasteiger partial charge in [-0.1, -0.05) is 5.16 Å². The minimum Gasteiger partial charge on any atom is -0.486 e. The Morgan fingerprint density at radius 3 is 2.79 bits per heavy atom. The van der Waals surface area contributed by atoms with Gasteiger partial charge in [0.1, 0.15) is 13.2 Å². The Labute approximate surface area is 166 Å². The molecule has 0 radical (unpaired) electrons. The largest absolute Gasteiger partial charge is 0.486 e. The zero-order valence-corrected chi connectivity index (χ0v) is 16.5. The van der Waals surface area contributed by atoms with Crippen molar-refractivity contribution in [2.24, 2.45) is 0 Å². The SMILES string of the molecule is CN(C)[C@@H](CNC(=O)c1cc(-c2ccc3c(c2)OCCO3)on1)c1ccsc1. The number of benzene rings is 1. The molecule has 1 aromatic carbocycles. The summed E-state index contributed by atoms with van der Waals surface area (Å²) in [6.45, 7) is 1.53. The quantitative estimate of drug-likeness (QED) is 0.686. The molecule has 0 fully saturated rings. The summed E-state index contributed by atoms with van der Waals surface area (Å²) in [5.41, 5.74) is 2.19. The van der Waals surface area contributed by atoms with Gasteiger partial charge < -0.3 is 24.2 Å². The highest BCUT2D eigenvalue weighted by Crippen LogP contribution is 2.34. The average Bonchev–Trinajstić information content (AvgIpc) is 3.40. The summed E-state index contributed by atoms with van der Waals surface area (Å²) in [5.74, 6) is 1.60. The highest BCUT2D eigenvalue weighted by Gasteiger charge is 2.20. The number of aromatic nitrogens is 1. The first-order valence-electron chi connectivity index (χ1n) is 8.95. The van der Waals surface area contributed by atoms with Crippen molar-refractivity contribution in [1.29, 1.82) is 0 Å². The molecule has 3 heterocycles. The lowest BCUT2D eigenvalue weighted by Crippen LogP contribution is -2.34. The van der Waals surface area contributed by atoms with Gasteiger partial charge in [0.2, 0.25) is 0 Å². The Morgan fingerprint density at radius 2 is 2.04 bits per heavy atom. The molecular formula is C20H21N3O4S. The number of hydrogen-bond acceptors (Lipinski definition) is 7. The van der Waals surface area contributed by atoms with Gasteiger partial charge in [-0.05, 0) is 54.7 Å². The summed E-state index contributed by atoms with van der Waals surface area (Å²) >= 11 is 1.64. The molecule has 0 aliphatic carbocycles. The third kappa shape index (κ3) is 3.88. The number of thiophene rings is 1. The van der Waals surface area contributed by atoms with Crippen LogP contribution in [-0.4, -0.2) is 49.8 Å². The smallest absolute Gasteiger partial charge is 0.273 e. The van der Waals surface area contributed by atoms with E-state index in [0.717, 1.165) is 5.56 Å². The molecule has 1 amide bonds. The molecule has 28 heavy (non-hydrogen) atoms. The van der Waals surface area contributed by atoms with Gasteiger partial charge in [-0.3, -0.25) is 4.79 Å². The lowest BCUT2D eigenvalue weighted by Gasteiger charge is -2.23. The minimum atomic E-state index is -0.269. The molecular weight excluding hydrogens is 378 g/mol. The van der Waals surface area contributed by atoms with Gasteiger partial charge in [0.15, 0.2) is 23.0 Å². The Hall–Kier alpha value is -2.84. The van der Waals surface area contributed by atoms with Crippen molar-refractivity contribution < 1.29 is 18.8 Å². The first-order chi connectivity index (χ1) is 13.6. The summed E-state index contributed by atoms with van der Waals surface area (Å²) in [4.78, 5) is 14.6. The van der Waals surface area contributed by atoms with Crippen LogP contribution in [0.25, 0.3) is 11.3 Å². The molecule has 0 saturated heterocycles. The van der Waals surface area contributed by atoms with Crippen LogP contribution in [0.2, 0.25) is 0 Å². The van der Waals surface area contributed by atoms with Crippen LogP contribution in [0.15, 0.2) is 45.6 Å². The molecule has 0 saturated carbocycles. The Balaban J connectivity index is 1.44. The lowest BCUT2D eigenvalue weighted by atomic mass is 10.1. The van der Waals surface area contributed by atoms with E-state index in [0.29, 0.717) is 37.0 Å². The maximum atomic E-state index is 12.5. The topological polar surface area (TPSA) is 76.8 Å². The number of ether oxygens (including phenoxy) is 2. The first-order valence-corrected chi connectivity index (χ1v) is 9.89. The highest BCUT2D eigenvalue weighted by atomic mass is 32.1. The van der Waals surface area contributed by atoms with E-state index in [1.165, 1.54) is 5.56 Å². The van der Waals surface area contributed by atoms with E-state index in [4.69, 9.17) is 14.0 Å². The van der Waals surface area contributed by atoms with Gasteiger partial charge >= 0.3 is 0 Å². The number of likely N-dealkylation sites (N-methyl/N-ethyl adjacent to an activating group) is 1. The normalized spacial score (nSPS) is 14.1. The van der Waals surface area contributed by atoms with E-state index in [1.807, 2.05) is 37.7 Å². The van der Waals surface area contributed by atoms with Crippen LogP contribution in [0.1, 0.15) is 22.1 Å². The Morgan fingerprint density at radius 1 is 1.21 bits per heavy atom. The van der Waals surface area contributed by atoms with E-state index >= 15 is 0 Å². The molecule has 1 aliphatic rings. The van der Waals surface area contributed by atoms with Crippen LogP contribution in [0.4, 0.5) is 0 Å². The molecule has 4 rings (SSSR count). The monoisotopic (exact) mass is 399 g/mol. The fourth-order valence-corrected chi connectivity index (χ4v) is 3.77. The standard InChI is InChI=1S/C20H21N3O4S/c1-23(2)16(14-5-8-28-12-14)11-21-20(24)15-10-18(27-22-15)13-3-4-17-19(9-13)26-7-6-25-17/h3-5,8-10,12,16H,6-7,11H2,1-2H3,(H,21,24)/t16-/m0/s1. The second-order valence-electron chi connectivity index (χ2n) is 6.68. The van der Waals surface area contributed by atoms with Crippen molar-refractivity contribution in [3.8, 4) is 22.8 Å². The van der Waals surface area contributed by atoms with E-state index in [-0.39, 0.29) is 17.6 Å². The lowest BCUT2D eigenvalue weighted by molar-refractivity contribution is 0.0933. The van der Waals surface area contributed by atoms with Crippen LogP contribution in [0.3, 0.4) is 0 Å². The van der Waals surface area contributed by atoms with Gasteiger partial charge in [0.05, 0.1) is 6.04 Å². The number of carbonyl (C=O) groups is 1. The molecule has 0 bridgehead atoms. The third-order valence-corrected chi connectivity index (χ3v) is 5.28. The number of carbonyl (C=O) groups excluding carboxylic acids is 1. The van der Waals surface area contributed by atoms with E-state index in [2.05, 4.69) is 26.8 Å². The van der Waals surface area contributed by atoms with E-state index < -0.39 is 0 Å². The zero-order valence-electron chi connectivity index (χ0n) is 15.7. The van der Waals surface area contributed by atoms with Gasteiger partial charge in [-0.2, -0.15) is 11.3 Å². The fourth-order valence-electron chi connectivity index (χ4n) is 3.06. The Kier molecular flexibility index (Phi) is 5.31. The molecule has 1 aliphatic heterocycles. The number of fused-ring (bicyclic) bond motifs is 1. The first kappa shape index (κ1) is 18.5. The van der Waals surface area contributed by atoms with Crippen molar-refractivity contribution in [3.63, 3.8) is 0 Å². The average molecular weight is 399 g/mol. The zero-order chi connectivity index (χ0) is 19.5. The second-order valence-corrected chi connectivity index (χ2v) is 7.46. The van der Waals surface area contributed by atoms with Gasteiger partial charge in [-0.25, -0.2) is 0 Å². The van der Waals surface area contributed by atoms with Gasteiger partial charge in [0, 0.05) is 18.2 Å². The summed E-state index contributed by atoms with van der Waals surface area (Å²) in [6, 6.07) is 9.31. The second kappa shape index (κ2) is 8.04. The summed E-state index contributed by atoms with van der Waals surface area (Å²) in [7, 11) is 3.98.